The fourth-order valence-electron chi connectivity index (χ4n) is 2.64. The summed E-state index contributed by atoms with van der Waals surface area (Å²) in [5.41, 5.74) is 8.02. The summed E-state index contributed by atoms with van der Waals surface area (Å²) in [4.78, 5) is 12.3. The Hall–Kier alpha value is -3.01. The van der Waals surface area contributed by atoms with Crippen molar-refractivity contribution in [2.75, 3.05) is 18.2 Å². The first-order valence-electron chi connectivity index (χ1n) is 7.37. The standard InChI is InChI=1S/C19H18N2O2/c1-23-18-10-9-15(12-17(18)20)21-19(22)11-14-7-4-6-13-5-2-3-8-16(13)14/h2-10,12H,11,20H2,1H3,(H,21,22). The van der Waals surface area contributed by atoms with Gasteiger partial charge in [-0.1, -0.05) is 42.5 Å². The molecule has 0 bridgehead atoms. The maximum absolute atomic E-state index is 12.3. The molecule has 0 aliphatic heterocycles. The Kier molecular flexibility index (Phi) is 4.15. The van der Waals surface area contributed by atoms with Crippen molar-refractivity contribution in [3.05, 3.63) is 66.2 Å². The summed E-state index contributed by atoms with van der Waals surface area (Å²) in [6.07, 6.45) is 0.313. The van der Waals surface area contributed by atoms with Gasteiger partial charge in [-0.25, -0.2) is 0 Å². The molecule has 23 heavy (non-hydrogen) atoms. The van der Waals surface area contributed by atoms with E-state index in [1.165, 1.54) is 0 Å². The van der Waals surface area contributed by atoms with E-state index in [1.807, 2.05) is 42.5 Å². The predicted octanol–water partition coefficient (Wildman–Crippen LogP) is 3.61. The number of methoxy groups -OCH3 is 1. The van der Waals surface area contributed by atoms with Crippen LogP contribution in [0.4, 0.5) is 11.4 Å². The molecule has 0 saturated heterocycles. The zero-order chi connectivity index (χ0) is 16.2. The quantitative estimate of drug-likeness (QED) is 0.724. The smallest absolute Gasteiger partial charge is 0.228 e. The number of carbonyl (C=O) groups excluding carboxylic acids is 1. The van der Waals surface area contributed by atoms with Gasteiger partial charge in [0, 0.05) is 5.69 Å². The summed E-state index contributed by atoms with van der Waals surface area (Å²) in [5, 5.41) is 5.10. The van der Waals surface area contributed by atoms with Gasteiger partial charge in [-0.15, -0.1) is 0 Å². The number of nitrogen functional groups attached to an aromatic ring is 1. The molecule has 0 saturated carbocycles. The number of nitrogens with two attached hydrogens (primary N) is 1. The molecular formula is C19H18N2O2. The van der Waals surface area contributed by atoms with Gasteiger partial charge in [-0.3, -0.25) is 4.79 Å². The fourth-order valence-corrected chi connectivity index (χ4v) is 2.64. The van der Waals surface area contributed by atoms with Gasteiger partial charge in [-0.05, 0) is 34.5 Å². The molecule has 0 unspecified atom stereocenters. The van der Waals surface area contributed by atoms with Gasteiger partial charge in [0.25, 0.3) is 0 Å². The summed E-state index contributed by atoms with van der Waals surface area (Å²) < 4.78 is 5.11. The summed E-state index contributed by atoms with van der Waals surface area (Å²) in [6.45, 7) is 0. The predicted molar refractivity (Wildman–Crippen MR) is 93.7 cm³/mol. The van der Waals surface area contributed by atoms with Crippen LogP contribution in [0.5, 0.6) is 5.75 Å². The average molecular weight is 306 g/mol. The molecule has 0 fully saturated rings. The maximum Gasteiger partial charge on any atom is 0.228 e. The topological polar surface area (TPSA) is 64.3 Å². The molecule has 0 radical (unpaired) electrons. The van der Waals surface area contributed by atoms with Crippen LogP contribution in [-0.2, 0) is 11.2 Å². The summed E-state index contributed by atoms with van der Waals surface area (Å²) in [5.74, 6) is 0.517. The molecule has 0 atom stereocenters. The van der Waals surface area contributed by atoms with E-state index in [2.05, 4.69) is 5.32 Å². The lowest BCUT2D eigenvalue weighted by atomic mass is 10.0. The SMILES string of the molecule is COc1ccc(NC(=O)Cc2cccc3ccccc23)cc1N. The minimum atomic E-state index is -0.0779. The monoisotopic (exact) mass is 306 g/mol. The second-order valence-corrected chi connectivity index (χ2v) is 5.32. The van der Waals surface area contributed by atoms with Gasteiger partial charge in [0.05, 0.1) is 19.2 Å². The number of anilines is 2. The van der Waals surface area contributed by atoms with Crippen LogP contribution in [0.3, 0.4) is 0 Å². The number of rotatable bonds is 4. The average Bonchev–Trinajstić information content (AvgIpc) is 2.55. The van der Waals surface area contributed by atoms with Crippen molar-refractivity contribution in [1.29, 1.82) is 0 Å². The maximum atomic E-state index is 12.3. The number of hydrogen-bond donors (Lipinski definition) is 2. The van der Waals surface area contributed by atoms with E-state index in [0.717, 1.165) is 16.3 Å². The van der Waals surface area contributed by atoms with Crippen LogP contribution in [0.2, 0.25) is 0 Å². The Morgan fingerprint density at radius 3 is 2.65 bits per heavy atom. The third kappa shape index (κ3) is 3.26. The van der Waals surface area contributed by atoms with Crippen LogP contribution < -0.4 is 15.8 Å². The van der Waals surface area contributed by atoms with Crippen LogP contribution in [0, 0.1) is 0 Å². The number of benzene rings is 3. The van der Waals surface area contributed by atoms with Gasteiger partial charge < -0.3 is 15.8 Å². The number of ether oxygens (including phenoxy) is 1. The van der Waals surface area contributed by atoms with E-state index in [-0.39, 0.29) is 5.91 Å². The molecule has 4 nitrogen and oxygen atoms in total. The first kappa shape index (κ1) is 14.9. The van der Waals surface area contributed by atoms with Crippen molar-refractivity contribution in [3.8, 4) is 5.75 Å². The Morgan fingerprint density at radius 2 is 1.87 bits per heavy atom. The van der Waals surface area contributed by atoms with Crippen molar-refractivity contribution in [1.82, 2.24) is 0 Å². The van der Waals surface area contributed by atoms with E-state index in [1.54, 1.807) is 25.3 Å². The van der Waals surface area contributed by atoms with Gasteiger partial charge in [0.1, 0.15) is 5.75 Å². The Bertz CT molecular complexity index is 854. The Balaban J connectivity index is 1.77. The third-order valence-electron chi connectivity index (χ3n) is 3.74. The summed E-state index contributed by atoms with van der Waals surface area (Å²) in [7, 11) is 1.56. The second-order valence-electron chi connectivity index (χ2n) is 5.32. The van der Waals surface area contributed by atoms with Crippen molar-refractivity contribution in [2.45, 2.75) is 6.42 Å². The normalized spacial score (nSPS) is 10.5. The molecular weight excluding hydrogens is 288 g/mol. The van der Waals surface area contributed by atoms with Crippen molar-refractivity contribution in [3.63, 3.8) is 0 Å². The second kappa shape index (κ2) is 6.40. The minimum absolute atomic E-state index is 0.0779. The zero-order valence-electron chi connectivity index (χ0n) is 12.9. The molecule has 3 N–H and O–H groups in total. The largest absolute Gasteiger partial charge is 0.495 e. The van der Waals surface area contributed by atoms with E-state index >= 15 is 0 Å². The number of nitrogens with one attached hydrogen (secondary N) is 1. The Morgan fingerprint density at radius 1 is 1.09 bits per heavy atom. The highest BCUT2D eigenvalue weighted by molar-refractivity contribution is 5.96. The van der Waals surface area contributed by atoms with Crippen LogP contribution in [0.1, 0.15) is 5.56 Å². The number of fused-ring (bicyclic) bond motifs is 1. The molecule has 3 aromatic carbocycles. The lowest BCUT2D eigenvalue weighted by molar-refractivity contribution is -0.115. The molecule has 0 aliphatic carbocycles. The minimum Gasteiger partial charge on any atom is -0.495 e. The molecule has 0 heterocycles. The highest BCUT2D eigenvalue weighted by Gasteiger charge is 2.08. The number of hydrogen-bond acceptors (Lipinski definition) is 3. The molecule has 3 rings (SSSR count). The highest BCUT2D eigenvalue weighted by atomic mass is 16.5. The molecule has 116 valence electrons. The highest BCUT2D eigenvalue weighted by Crippen LogP contribution is 2.25. The molecule has 3 aromatic rings. The van der Waals surface area contributed by atoms with E-state index in [4.69, 9.17) is 10.5 Å². The third-order valence-corrected chi connectivity index (χ3v) is 3.74. The van der Waals surface area contributed by atoms with E-state index in [0.29, 0.717) is 23.5 Å². The lowest BCUT2D eigenvalue weighted by Gasteiger charge is -2.10. The van der Waals surface area contributed by atoms with Crippen LogP contribution in [-0.4, -0.2) is 13.0 Å². The van der Waals surface area contributed by atoms with E-state index in [9.17, 15) is 4.79 Å². The zero-order valence-corrected chi connectivity index (χ0v) is 12.9. The first-order chi connectivity index (χ1) is 11.2. The van der Waals surface area contributed by atoms with Crippen LogP contribution in [0.25, 0.3) is 10.8 Å². The number of amides is 1. The van der Waals surface area contributed by atoms with Gasteiger partial charge in [-0.2, -0.15) is 0 Å². The molecule has 0 aliphatic rings. The van der Waals surface area contributed by atoms with Crippen LogP contribution >= 0.6 is 0 Å². The van der Waals surface area contributed by atoms with Crippen molar-refractivity contribution < 1.29 is 9.53 Å². The summed E-state index contributed by atoms with van der Waals surface area (Å²) in [6, 6.07) is 19.2. The molecule has 0 aromatic heterocycles. The molecule has 0 spiro atoms. The van der Waals surface area contributed by atoms with Crippen molar-refractivity contribution >= 4 is 28.1 Å². The van der Waals surface area contributed by atoms with Crippen LogP contribution in [0.15, 0.2) is 60.7 Å². The molecule has 1 amide bonds. The Labute approximate surface area is 134 Å². The first-order valence-corrected chi connectivity index (χ1v) is 7.37. The fraction of sp³-hybridized carbons (Fsp3) is 0.105. The van der Waals surface area contributed by atoms with Gasteiger partial charge in [0.2, 0.25) is 5.91 Å². The van der Waals surface area contributed by atoms with E-state index < -0.39 is 0 Å². The lowest BCUT2D eigenvalue weighted by Crippen LogP contribution is -2.14. The van der Waals surface area contributed by atoms with Gasteiger partial charge >= 0.3 is 0 Å². The van der Waals surface area contributed by atoms with Crippen molar-refractivity contribution in [2.24, 2.45) is 0 Å². The molecule has 4 heteroatoms. The number of carbonyl (C=O) groups is 1. The summed E-state index contributed by atoms with van der Waals surface area (Å²) >= 11 is 0. The van der Waals surface area contributed by atoms with Gasteiger partial charge in [0.15, 0.2) is 0 Å².